The van der Waals surface area contributed by atoms with E-state index in [-0.39, 0.29) is 5.97 Å². The Morgan fingerprint density at radius 1 is 1.35 bits per heavy atom. The molecule has 1 aromatic rings. The smallest absolute Gasteiger partial charge is 0.319 e. The summed E-state index contributed by atoms with van der Waals surface area (Å²) >= 11 is 12.1. The van der Waals surface area contributed by atoms with E-state index in [9.17, 15) is 4.79 Å². The van der Waals surface area contributed by atoms with E-state index in [0.717, 1.165) is 18.4 Å². The van der Waals surface area contributed by atoms with Crippen LogP contribution in [0, 0.1) is 0 Å². The van der Waals surface area contributed by atoms with Crippen molar-refractivity contribution in [2.45, 2.75) is 38.3 Å². The van der Waals surface area contributed by atoms with Gasteiger partial charge >= 0.3 is 5.97 Å². The molecule has 1 fully saturated rings. The van der Waals surface area contributed by atoms with Crippen molar-refractivity contribution < 1.29 is 9.53 Å². The lowest BCUT2D eigenvalue weighted by atomic mass is 10.1. The Labute approximate surface area is 129 Å². The molecule has 3 nitrogen and oxygen atoms in total. The monoisotopic (exact) mass is 315 g/mol. The Morgan fingerprint density at radius 2 is 2.05 bits per heavy atom. The van der Waals surface area contributed by atoms with Gasteiger partial charge in [-0.05, 0) is 30.5 Å². The fourth-order valence-electron chi connectivity index (χ4n) is 2.68. The summed E-state index contributed by atoms with van der Waals surface area (Å²) in [5.74, 6) is -0.206. The molecule has 0 saturated heterocycles. The zero-order valence-corrected chi connectivity index (χ0v) is 13.1. The molecule has 1 saturated carbocycles. The zero-order chi connectivity index (χ0) is 14.5. The second-order valence-electron chi connectivity index (χ2n) is 5.16. The summed E-state index contributed by atoms with van der Waals surface area (Å²) < 4.78 is 4.79. The summed E-state index contributed by atoms with van der Waals surface area (Å²) in [5.41, 5.74) is 0.992. The Hall–Kier alpha value is -0.770. The van der Waals surface area contributed by atoms with Crippen LogP contribution in [-0.2, 0) is 16.1 Å². The fraction of sp³-hybridized carbons (Fsp3) is 0.533. The standard InChI is InChI=1S/C15H19Cl2NO2/c1-20-15(19)10-18(13-4-2-3-5-13)9-11-6-7-12(16)8-14(11)17/h6-8,13H,2-5,9-10H2,1H3. The third kappa shape index (κ3) is 4.11. The van der Waals surface area contributed by atoms with E-state index in [4.69, 9.17) is 27.9 Å². The average Bonchev–Trinajstić information content (AvgIpc) is 2.94. The summed E-state index contributed by atoms with van der Waals surface area (Å²) in [6.45, 7) is 0.954. The molecule has 20 heavy (non-hydrogen) atoms. The third-order valence-corrected chi connectivity index (χ3v) is 4.38. The molecule has 0 heterocycles. The molecule has 110 valence electrons. The van der Waals surface area contributed by atoms with E-state index in [1.165, 1.54) is 20.0 Å². The van der Waals surface area contributed by atoms with Crippen LogP contribution in [0.1, 0.15) is 31.2 Å². The lowest BCUT2D eigenvalue weighted by Gasteiger charge is -2.28. The highest BCUT2D eigenvalue weighted by atomic mass is 35.5. The van der Waals surface area contributed by atoms with Crippen molar-refractivity contribution in [1.29, 1.82) is 0 Å². The second kappa shape index (κ2) is 7.30. The molecule has 0 spiro atoms. The van der Waals surface area contributed by atoms with E-state index < -0.39 is 0 Å². The highest BCUT2D eigenvalue weighted by molar-refractivity contribution is 6.35. The summed E-state index contributed by atoms with van der Waals surface area (Å²) in [6.07, 6.45) is 4.69. The first-order valence-corrected chi connectivity index (χ1v) is 7.60. The number of ether oxygens (including phenoxy) is 1. The maximum atomic E-state index is 11.6. The van der Waals surface area contributed by atoms with Crippen molar-refractivity contribution in [3.05, 3.63) is 33.8 Å². The van der Waals surface area contributed by atoms with Gasteiger partial charge in [0.05, 0.1) is 13.7 Å². The average molecular weight is 316 g/mol. The number of nitrogens with zero attached hydrogens (tertiary/aromatic N) is 1. The van der Waals surface area contributed by atoms with Crippen molar-refractivity contribution in [1.82, 2.24) is 4.90 Å². The molecule has 2 rings (SSSR count). The summed E-state index contributed by atoms with van der Waals surface area (Å²) in [4.78, 5) is 13.8. The quantitative estimate of drug-likeness (QED) is 0.771. The van der Waals surface area contributed by atoms with Crippen molar-refractivity contribution in [2.75, 3.05) is 13.7 Å². The summed E-state index contributed by atoms with van der Waals surface area (Å²) in [7, 11) is 1.42. The van der Waals surface area contributed by atoms with Crippen molar-refractivity contribution in [3.63, 3.8) is 0 Å². The molecule has 0 amide bonds. The maximum Gasteiger partial charge on any atom is 0.319 e. The number of carbonyl (C=O) groups is 1. The van der Waals surface area contributed by atoms with Crippen LogP contribution in [0.15, 0.2) is 18.2 Å². The van der Waals surface area contributed by atoms with Gasteiger partial charge < -0.3 is 4.74 Å². The highest BCUT2D eigenvalue weighted by Gasteiger charge is 2.25. The predicted molar refractivity (Wildman–Crippen MR) is 81.1 cm³/mol. The van der Waals surface area contributed by atoms with Crippen LogP contribution in [0.4, 0.5) is 0 Å². The van der Waals surface area contributed by atoms with Crippen LogP contribution in [-0.4, -0.2) is 30.6 Å². The van der Waals surface area contributed by atoms with Crippen molar-refractivity contribution >= 4 is 29.2 Å². The first-order valence-electron chi connectivity index (χ1n) is 6.85. The van der Waals surface area contributed by atoms with Gasteiger partial charge in [0.2, 0.25) is 0 Å². The molecule has 5 heteroatoms. The minimum absolute atomic E-state index is 0.206. The lowest BCUT2D eigenvalue weighted by molar-refractivity contribution is -0.142. The van der Waals surface area contributed by atoms with Gasteiger partial charge in [0.25, 0.3) is 0 Å². The second-order valence-corrected chi connectivity index (χ2v) is 6.00. The summed E-state index contributed by atoms with van der Waals surface area (Å²) in [5, 5.41) is 1.27. The SMILES string of the molecule is COC(=O)CN(Cc1ccc(Cl)cc1Cl)C1CCCC1. The minimum Gasteiger partial charge on any atom is -0.468 e. The number of rotatable bonds is 5. The van der Waals surface area contributed by atoms with Crippen molar-refractivity contribution in [3.8, 4) is 0 Å². The van der Waals surface area contributed by atoms with Gasteiger partial charge in [0.15, 0.2) is 0 Å². The van der Waals surface area contributed by atoms with Gasteiger partial charge in [-0.25, -0.2) is 0 Å². The van der Waals surface area contributed by atoms with E-state index in [1.807, 2.05) is 12.1 Å². The van der Waals surface area contributed by atoms with Gasteiger partial charge in [-0.2, -0.15) is 0 Å². The lowest BCUT2D eigenvalue weighted by Crippen LogP contribution is -2.37. The van der Waals surface area contributed by atoms with Gasteiger partial charge in [-0.15, -0.1) is 0 Å². The molecule has 0 aromatic heterocycles. The van der Waals surface area contributed by atoms with Crippen LogP contribution in [0.3, 0.4) is 0 Å². The third-order valence-electron chi connectivity index (χ3n) is 3.79. The first kappa shape index (κ1) is 15.6. The van der Waals surface area contributed by atoms with Gasteiger partial charge in [0, 0.05) is 22.6 Å². The molecule has 0 unspecified atom stereocenters. The van der Waals surface area contributed by atoms with Crippen LogP contribution < -0.4 is 0 Å². The molecule has 1 aliphatic rings. The number of benzene rings is 1. The molecule has 0 aliphatic heterocycles. The van der Waals surface area contributed by atoms with Gasteiger partial charge in [-0.3, -0.25) is 9.69 Å². The Bertz CT molecular complexity index is 473. The predicted octanol–water partition coefficient (Wildman–Crippen LogP) is 3.91. The number of carbonyl (C=O) groups excluding carboxylic acids is 1. The Balaban J connectivity index is 2.11. The van der Waals surface area contributed by atoms with Gasteiger partial charge in [-0.1, -0.05) is 42.1 Å². The normalized spacial score (nSPS) is 15.8. The van der Waals surface area contributed by atoms with Gasteiger partial charge in [0.1, 0.15) is 0 Å². The molecular weight excluding hydrogens is 297 g/mol. The number of hydrogen-bond donors (Lipinski definition) is 0. The van der Waals surface area contributed by atoms with Crippen molar-refractivity contribution in [2.24, 2.45) is 0 Å². The van der Waals surface area contributed by atoms with Crippen LogP contribution in [0.5, 0.6) is 0 Å². The Morgan fingerprint density at radius 3 is 2.65 bits per heavy atom. The molecule has 1 aliphatic carbocycles. The molecular formula is C15H19Cl2NO2. The number of hydrogen-bond acceptors (Lipinski definition) is 3. The van der Waals surface area contributed by atoms with E-state index in [2.05, 4.69) is 4.90 Å². The van der Waals surface area contributed by atoms with Crippen LogP contribution in [0.25, 0.3) is 0 Å². The minimum atomic E-state index is -0.206. The largest absolute Gasteiger partial charge is 0.468 e. The highest BCUT2D eigenvalue weighted by Crippen LogP contribution is 2.27. The fourth-order valence-corrected chi connectivity index (χ4v) is 3.15. The number of halogens is 2. The molecule has 0 atom stereocenters. The zero-order valence-electron chi connectivity index (χ0n) is 11.6. The molecule has 0 bridgehead atoms. The molecule has 1 aromatic carbocycles. The Kier molecular flexibility index (Phi) is 5.70. The topological polar surface area (TPSA) is 29.5 Å². The van der Waals surface area contributed by atoms with Crippen LogP contribution >= 0.6 is 23.2 Å². The number of methoxy groups -OCH3 is 1. The number of esters is 1. The van der Waals surface area contributed by atoms with E-state index in [1.54, 1.807) is 6.07 Å². The molecule has 0 radical (unpaired) electrons. The van der Waals surface area contributed by atoms with Crippen LogP contribution in [0.2, 0.25) is 10.0 Å². The maximum absolute atomic E-state index is 11.6. The first-order chi connectivity index (χ1) is 9.60. The van der Waals surface area contributed by atoms with E-state index >= 15 is 0 Å². The van der Waals surface area contributed by atoms with E-state index in [0.29, 0.717) is 29.2 Å². The summed E-state index contributed by atoms with van der Waals surface area (Å²) in [6, 6.07) is 5.92. The molecule has 0 N–H and O–H groups in total.